The van der Waals surface area contributed by atoms with Crippen molar-refractivity contribution < 1.29 is 9.66 Å². The average molecular weight is 545 g/mol. The van der Waals surface area contributed by atoms with E-state index in [2.05, 4.69) is 10.1 Å². The highest BCUT2D eigenvalue weighted by atomic mass is 35.5. The minimum Gasteiger partial charge on any atom is -0.486 e. The van der Waals surface area contributed by atoms with Crippen LogP contribution in [-0.2, 0) is 6.61 Å². The van der Waals surface area contributed by atoms with E-state index < -0.39 is 4.92 Å². The second kappa shape index (κ2) is 10.8. The Morgan fingerprint density at radius 1 is 0.947 bits per heavy atom. The van der Waals surface area contributed by atoms with E-state index in [1.165, 1.54) is 23.0 Å². The number of ether oxygens (including phenoxy) is 1. The van der Waals surface area contributed by atoms with Gasteiger partial charge in [-0.25, -0.2) is 4.98 Å². The monoisotopic (exact) mass is 544 g/mol. The largest absolute Gasteiger partial charge is 0.486 e. The van der Waals surface area contributed by atoms with Gasteiger partial charge < -0.3 is 4.74 Å². The molecule has 0 N–H and O–H groups in total. The fourth-order valence-electron chi connectivity index (χ4n) is 3.79. The fourth-order valence-corrected chi connectivity index (χ4v) is 4.40. The molecule has 0 radical (unpaired) electrons. The lowest BCUT2D eigenvalue weighted by Crippen LogP contribution is -2.20. The van der Waals surface area contributed by atoms with Gasteiger partial charge >= 0.3 is 0 Å². The molecule has 0 saturated carbocycles. The molecule has 0 bridgehead atoms. The van der Waals surface area contributed by atoms with Crippen molar-refractivity contribution in [3.8, 4) is 17.1 Å². The minimum atomic E-state index is -0.469. The fraction of sp³-hybridized carbons (Fsp3) is 0.0357. The standard InChI is InChI=1S/C28H18Cl2N4O4/c29-23-14-19(15-24(30)26(23)38-17-18-10-12-21(13-11-18)34(36)37)16-31-33-27(20-6-2-1-3-7-20)32-25-9-5-4-8-22(25)28(33)35/h1-16H,17H2. The quantitative estimate of drug-likeness (QED) is 0.128. The minimum absolute atomic E-state index is 0.00963. The number of nitro groups is 1. The Labute approximate surface area is 226 Å². The smallest absolute Gasteiger partial charge is 0.282 e. The molecule has 0 fully saturated rings. The lowest BCUT2D eigenvalue weighted by Gasteiger charge is -2.11. The van der Waals surface area contributed by atoms with Crippen LogP contribution in [0.2, 0.25) is 10.0 Å². The van der Waals surface area contributed by atoms with Crippen LogP contribution in [-0.4, -0.2) is 20.8 Å². The summed E-state index contributed by atoms with van der Waals surface area (Å²) in [6.07, 6.45) is 1.47. The molecule has 0 aliphatic heterocycles. The van der Waals surface area contributed by atoms with Gasteiger partial charge in [0.25, 0.3) is 11.2 Å². The first-order valence-electron chi connectivity index (χ1n) is 11.4. The summed E-state index contributed by atoms with van der Waals surface area (Å²) in [7, 11) is 0. The number of halogens is 2. The normalized spacial score (nSPS) is 11.2. The SMILES string of the molecule is O=c1c2ccccc2nc(-c2ccccc2)n1N=Cc1cc(Cl)c(OCc2ccc([N+](=O)[O-])cc2)c(Cl)c1. The Balaban J connectivity index is 1.45. The maximum atomic E-state index is 13.3. The number of rotatable bonds is 7. The van der Waals surface area contributed by atoms with Crippen LogP contribution in [0.1, 0.15) is 11.1 Å². The number of non-ortho nitro benzene ring substituents is 1. The van der Waals surface area contributed by atoms with Gasteiger partial charge in [-0.15, -0.1) is 0 Å². The van der Waals surface area contributed by atoms with Crippen molar-refractivity contribution in [3.05, 3.63) is 133 Å². The van der Waals surface area contributed by atoms with Gasteiger partial charge in [-0.1, -0.05) is 65.7 Å². The third-order valence-corrected chi connectivity index (χ3v) is 6.22. The highest BCUT2D eigenvalue weighted by Gasteiger charge is 2.14. The molecule has 38 heavy (non-hydrogen) atoms. The van der Waals surface area contributed by atoms with E-state index >= 15 is 0 Å². The Morgan fingerprint density at radius 2 is 1.61 bits per heavy atom. The first-order valence-corrected chi connectivity index (χ1v) is 12.1. The molecule has 0 amide bonds. The molecule has 0 saturated heterocycles. The van der Waals surface area contributed by atoms with E-state index in [-0.39, 0.29) is 33.6 Å². The molecule has 1 heterocycles. The van der Waals surface area contributed by atoms with E-state index in [1.54, 1.807) is 42.5 Å². The van der Waals surface area contributed by atoms with Crippen molar-refractivity contribution in [2.24, 2.45) is 5.10 Å². The van der Waals surface area contributed by atoms with E-state index in [0.29, 0.717) is 27.9 Å². The van der Waals surface area contributed by atoms with Gasteiger partial charge in [-0.05, 0) is 47.5 Å². The number of benzene rings is 4. The zero-order valence-electron chi connectivity index (χ0n) is 19.6. The van der Waals surface area contributed by atoms with E-state index in [0.717, 1.165) is 5.56 Å². The second-order valence-electron chi connectivity index (χ2n) is 8.21. The highest BCUT2D eigenvalue weighted by Crippen LogP contribution is 2.34. The number of aromatic nitrogens is 2. The van der Waals surface area contributed by atoms with Crippen molar-refractivity contribution in [1.82, 2.24) is 9.66 Å². The van der Waals surface area contributed by atoms with Gasteiger partial charge in [0.05, 0.1) is 32.1 Å². The summed E-state index contributed by atoms with van der Waals surface area (Å²) < 4.78 is 7.02. The summed E-state index contributed by atoms with van der Waals surface area (Å²) >= 11 is 12.9. The summed E-state index contributed by atoms with van der Waals surface area (Å²) in [5.41, 5.74) is 2.24. The Morgan fingerprint density at radius 3 is 2.29 bits per heavy atom. The number of hydrogen-bond donors (Lipinski definition) is 0. The number of nitrogens with zero attached hydrogens (tertiary/aromatic N) is 4. The number of nitro benzene ring substituents is 1. The summed E-state index contributed by atoms with van der Waals surface area (Å²) in [5, 5.41) is 16.2. The van der Waals surface area contributed by atoms with Crippen LogP contribution in [0.4, 0.5) is 5.69 Å². The summed E-state index contributed by atoms with van der Waals surface area (Å²) in [5.74, 6) is 0.657. The molecule has 0 aliphatic rings. The summed E-state index contributed by atoms with van der Waals surface area (Å²) in [4.78, 5) is 28.3. The number of para-hydroxylation sites is 1. The third kappa shape index (κ3) is 5.27. The highest BCUT2D eigenvalue weighted by molar-refractivity contribution is 6.37. The maximum Gasteiger partial charge on any atom is 0.282 e. The molecule has 5 aromatic rings. The molecule has 5 rings (SSSR count). The van der Waals surface area contributed by atoms with Gasteiger partial charge in [0.1, 0.15) is 6.61 Å². The molecule has 0 spiro atoms. The predicted molar refractivity (Wildman–Crippen MR) is 148 cm³/mol. The van der Waals surface area contributed by atoms with E-state index in [1.807, 2.05) is 36.4 Å². The van der Waals surface area contributed by atoms with Gasteiger partial charge in [-0.3, -0.25) is 14.9 Å². The van der Waals surface area contributed by atoms with Crippen molar-refractivity contribution in [3.63, 3.8) is 0 Å². The molecule has 4 aromatic carbocycles. The molecule has 8 nitrogen and oxygen atoms in total. The number of fused-ring (bicyclic) bond motifs is 1. The lowest BCUT2D eigenvalue weighted by atomic mass is 10.2. The molecule has 0 unspecified atom stereocenters. The second-order valence-corrected chi connectivity index (χ2v) is 9.02. The van der Waals surface area contributed by atoms with Crippen LogP contribution < -0.4 is 10.3 Å². The van der Waals surface area contributed by atoms with Crippen molar-refractivity contribution in [2.75, 3.05) is 0 Å². The Kier molecular flexibility index (Phi) is 7.17. The molecule has 1 aromatic heterocycles. The molecule has 10 heteroatoms. The Bertz CT molecular complexity index is 1710. The lowest BCUT2D eigenvalue weighted by molar-refractivity contribution is -0.384. The van der Waals surface area contributed by atoms with Crippen molar-refractivity contribution in [2.45, 2.75) is 6.61 Å². The van der Waals surface area contributed by atoms with Crippen LogP contribution >= 0.6 is 23.2 Å². The molecule has 188 valence electrons. The zero-order chi connectivity index (χ0) is 26.6. The van der Waals surface area contributed by atoms with Crippen LogP contribution in [0.15, 0.2) is 101 Å². The van der Waals surface area contributed by atoms with Crippen LogP contribution in [0, 0.1) is 10.1 Å². The van der Waals surface area contributed by atoms with Gasteiger partial charge in [-0.2, -0.15) is 9.78 Å². The van der Waals surface area contributed by atoms with Gasteiger partial charge in [0, 0.05) is 17.7 Å². The third-order valence-electron chi connectivity index (χ3n) is 5.66. The van der Waals surface area contributed by atoms with E-state index in [9.17, 15) is 14.9 Å². The van der Waals surface area contributed by atoms with Gasteiger partial charge in [0.2, 0.25) is 0 Å². The average Bonchev–Trinajstić information content (AvgIpc) is 2.93. The zero-order valence-corrected chi connectivity index (χ0v) is 21.1. The van der Waals surface area contributed by atoms with Crippen LogP contribution in [0.3, 0.4) is 0 Å². The Hall–Kier alpha value is -4.53. The molecule has 0 atom stereocenters. The first-order chi connectivity index (χ1) is 18.4. The summed E-state index contributed by atoms with van der Waals surface area (Å²) in [6.45, 7) is 0.115. The molecular weight excluding hydrogens is 527 g/mol. The van der Waals surface area contributed by atoms with Crippen LogP contribution in [0.5, 0.6) is 5.75 Å². The summed E-state index contributed by atoms with van der Waals surface area (Å²) in [6, 6.07) is 25.6. The predicted octanol–water partition coefficient (Wildman–Crippen LogP) is 6.74. The molecular formula is C28H18Cl2N4O4. The topological polar surface area (TPSA) is 99.6 Å². The van der Waals surface area contributed by atoms with Crippen molar-refractivity contribution in [1.29, 1.82) is 0 Å². The van der Waals surface area contributed by atoms with Crippen molar-refractivity contribution >= 4 is 46.0 Å². The maximum absolute atomic E-state index is 13.3. The van der Waals surface area contributed by atoms with Gasteiger partial charge in [0.15, 0.2) is 11.6 Å². The first kappa shape index (κ1) is 25.1. The van der Waals surface area contributed by atoms with E-state index in [4.69, 9.17) is 27.9 Å². The number of hydrogen-bond acceptors (Lipinski definition) is 6. The molecule has 0 aliphatic carbocycles. The van der Waals surface area contributed by atoms with Crippen LogP contribution in [0.25, 0.3) is 22.3 Å².